The average Bonchev–Trinajstić information content (AvgIpc) is 2.89. The molecule has 0 aliphatic carbocycles. The van der Waals surface area contributed by atoms with Crippen molar-refractivity contribution in [3.63, 3.8) is 0 Å². The van der Waals surface area contributed by atoms with E-state index in [-0.39, 0.29) is 24.8 Å². The van der Waals surface area contributed by atoms with Crippen molar-refractivity contribution >= 4 is 11.5 Å². The summed E-state index contributed by atoms with van der Waals surface area (Å²) in [6, 6.07) is 10.9. The molecule has 1 N–H and O–H groups in total. The van der Waals surface area contributed by atoms with Gasteiger partial charge in [0.1, 0.15) is 5.82 Å². The molecular weight excluding hydrogens is 345 g/mol. The molecule has 0 fully saturated rings. The Kier molecular flexibility index (Phi) is 5.06. The van der Waals surface area contributed by atoms with Crippen molar-refractivity contribution in [3.05, 3.63) is 71.3 Å². The van der Waals surface area contributed by atoms with Crippen LogP contribution in [0.2, 0.25) is 0 Å². The van der Waals surface area contributed by atoms with Crippen LogP contribution in [0.5, 0.6) is 0 Å². The summed E-state index contributed by atoms with van der Waals surface area (Å²) in [6.45, 7) is 3.83. The smallest absolute Gasteiger partial charge is 0.253 e. The van der Waals surface area contributed by atoms with Crippen LogP contribution in [-0.2, 0) is 10.5 Å². The van der Waals surface area contributed by atoms with Gasteiger partial charge in [-0.1, -0.05) is 26.0 Å². The second-order valence-electron chi connectivity index (χ2n) is 6.72. The van der Waals surface area contributed by atoms with Crippen LogP contribution in [0, 0.1) is 23.1 Å². The highest BCUT2D eigenvalue weighted by atomic mass is 19.1. The zero-order valence-electron chi connectivity index (χ0n) is 15.2. The summed E-state index contributed by atoms with van der Waals surface area (Å²) >= 11 is 0. The number of nitrogens with zero attached hydrogens (tertiary/aromatic N) is 3. The number of hydrogen-bond donors (Lipinski definition) is 1. The molecule has 1 unspecified atom stereocenters. The molecule has 6 heteroatoms. The molecule has 0 radical (unpaired) electrons. The van der Waals surface area contributed by atoms with Crippen molar-refractivity contribution in [2.24, 2.45) is 5.92 Å². The maximum absolute atomic E-state index is 13.5. The topological polar surface area (TPSA) is 77.2 Å². The second kappa shape index (κ2) is 7.29. The number of benzene rings is 1. The number of carbonyl (C=O) groups is 1. The molecule has 5 nitrogen and oxygen atoms in total. The molecule has 3 rings (SSSR count). The van der Waals surface area contributed by atoms with E-state index in [0.717, 1.165) is 0 Å². The van der Waals surface area contributed by atoms with Crippen LogP contribution >= 0.6 is 0 Å². The largest absolute Gasteiger partial charge is 0.363 e. The van der Waals surface area contributed by atoms with Gasteiger partial charge in [-0.2, -0.15) is 5.26 Å². The van der Waals surface area contributed by atoms with Crippen molar-refractivity contribution < 1.29 is 14.3 Å². The minimum atomic E-state index is -1.79. The molecule has 0 saturated heterocycles. The first-order valence-corrected chi connectivity index (χ1v) is 8.73. The molecule has 1 atom stereocenters. The van der Waals surface area contributed by atoms with Gasteiger partial charge in [0.25, 0.3) is 5.91 Å². The Morgan fingerprint density at radius 3 is 2.41 bits per heavy atom. The molecule has 27 heavy (non-hydrogen) atoms. The van der Waals surface area contributed by atoms with E-state index in [9.17, 15) is 14.3 Å². The summed E-state index contributed by atoms with van der Waals surface area (Å²) in [7, 11) is 0. The molecule has 1 aromatic heterocycles. The Labute approximate surface area is 157 Å². The van der Waals surface area contributed by atoms with Gasteiger partial charge in [0.05, 0.1) is 12.5 Å². The Bertz CT molecular complexity index is 917. The van der Waals surface area contributed by atoms with Crippen molar-refractivity contribution in [3.8, 4) is 6.07 Å². The van der Waals surface area contributed by atoms with Gasteiger partial charge in [0.15, 0.2) is 5.72 Å². The number of aliphatic hydroxyl groups is 1. The fourth-order valence-corrected chi connectivity index (χ4v) is 3.54. The number of carbonyl (C=O) groups excluding carboxylic acids is 1. The average molecular weight is 365 g/mol. The third-order valence-electron chi connectivity index (χ3n) is 4.72. The number of nitriles is 1. The number of halogens is 1. The lowest BCUT2D eigenvalue weighted by Crippen LogP contribution is -2.46. The number of pyridine rings is 1. The minimum Gasteiger partial charge on any atom is -0.363 e. The molecule has 0 bridgehead atoms. The van der Waals surface area contributed by atoms with Crippen molar-refractivity contribution in [1.82, 2.24) is 9.88 Å². The molecule has 1 amide bonds. The molecule has 1 aliphatic heterocycles. The summed E-state index contributed by atoms with van der Waals surface area (Å²) in [5.74, 6) is -0.910. The van der Waals surface area contributed by atoms with E-state index in [1.54, 1.807) is 24.5 Å². The fourth-order valence-electron chi connectivity index (χ4n) is 3.54. The van der Waals surface area contributed by atoms with Crippen LogP contribution in [0.15, 0.2) is 54.4 Å². The van der Waals surface area contributed by atoms with Crippen molar-refractivity contribution in [2.45, 2.75) is 26.0 Å². The molecule has 0 saturated carbocycles. The first-order valence-electron chi connectivity index (χ1n) is 8.73. The second-order valence-corrected chi connectivity index (χ2v) is 6.72. The summed E-state index contributed by atoms with van der Waals surface area (Å²) in [6.07, 6.45) is 3.26. The van der Waals surface area contributed by atoms with E-state index < -0.39 is 11.5 Å². The molecule has 1 aromatic carbocycles. The zero-order valence-corrected chi connectivity index (χ0v) is 15.2. The predicted octanol–water partition coefficient (Wildman–Crippen LogP) is 3.23. The number of aromatic nitrogens is 1. The molecule has 138 valence electrons. The van der Waals surface area contributed by atoms with Gasteiger partial charge in [0.2, 0.25) is 0 Å². The van der Waals surface area contributed by atoms with Crippen LogP contribution in [-0.4, -0.2) is 27.4 Å². The highest BCUT2D eigenvalue weighted by molar-refractivity contribution is 6.08. The fraction of sp³-hybridized carbons (Fsp3) is 0.286. The van der Waals surface area contributed by atoms with Crippen LogP contribution < -0.4 is 0 Å². The molecule has 0 spiro atoms. The number of hydrogen-bond acceptors (Lipinski definition) is 4. The molecule has 2 aromatic rings. The minimum absolute atomic E-state index is 0.0635. The highest BCUT2D eigenvalue weighted by Gasteiger charge is 2.52. The Morgan fingerprint density at radius 1 is 1.22 bits per heavy atom. The van der Waals surface area contributed by atoms with E-state index in [1.807, 2.05) is 19.9 Å². The predicted molar refractivity (Wildman–Crippen MR) is 98.2 cm³/mol. The molecule has 1 aliphatic rings. The van der Waals surface area contributed by atoms with Gasteiger partial charge in [-0.3, -0.25) is 9.78 Å². The Morgan fingerprint density at radius 2 is 1.85 bits per heavy atom. The highest BCUT2D eigenvalue weighted by Crippen LogP contribution is 2.48. The molecule has 2 heterocycles. The lowest BCUT2D eigenvalue weighted by atomic mass is 9.86. The molecular formula is C21H20FN3O2. The van der Waals surface area contributed by atoms with Gasteiger partial charge in [-0.25, -0.2) is 4.39 Å². The van der Waals surface area contributed by atoms with E-state index in [4.69, 9.17) is 5.26 Å². The first kappa shape index (κ1) is 18.7. The van der Waals surface area contributed by atoms with E-state index in [1.165, 1.54) is 29.2 Å². The quantitative estimate of drug-likeness (QED) is 0.882. The summed E-state index contributed by atoms with van der Waals surface area (Å²) in [5, 5.41) is 20.8. The van der Waals surface area contributed by atoms with Gasteiger partial charge < -0.3 is 10.0 Å². The van der Waals surface area contributed by atoms with Crippen LogP contribution in [0.25, 0.3) is 5.57 Å². The summed E-state index contributed by atoms with van der Waals surface area (Å²) < 4.78 is 13.5. The van der Waals surface area contributed by atoms with Crippen LogP contribution in [0.1, 0.15) is 31.4 Å². The first-order chi connectivity index (χ1) is 12.9. The zero-order chi connectivity index (χ0) is 19.6. The maximum Gasteiger partial charge on any atom is 0.253 e. The lowest BCUT2D eigenvalue weighted by molar-refractivity contribution is -0.142. The number of amides is 1. The SMILES string of the molecule is CC(C)C1=C(c2ccncc2)C(O)(c2ccc(F)cc2)N(CCC#N)C1=O. The summed E-state index contributed by atoms with van der Waals surface area (Å²) in [4.78, 5) is 18.5. The summed E-state index contributed by atoms with van der Waals surface area (Å²) in [5.41, 5.74) is 0.175. The van der Waals surface area contributed by atoms with Gasteiger partial charge >= 0.3 is 0 Å². The standard InChI is InChI=1S/C21H20FN3O2/c1-14(2)18-19(15-8-11-24-12-9-15)21(27,16-4-6-17(22)7-5-16)25(20(18)26)13-3-10-23/h4-9,11-12,14,27H,3,13H2,1-2H3. The van der Waals surface area contributed by atoms with Gasteiger partial charge in [-0.05, 0) is 35.7 Å². The third kappa shape index (κ3) is 3.11. The van der Waals surface area contributed by atoms with Gasteiger partial charge in [0, 0.05) is 35.6 Å². The maximum atomic E-state index is 13.5. The van der Waals surface area contributed by atoms with E-state index in [2.05, 4.69) is 4.98 Å². The van der Waals surface area contributed by atoms with Crippen molar-refractivity contribution in [1.29, 1.82) is 5.26 Å². The van der Waals surface area contributed by atoms with Gasteiger partial charge in [-0.15, -0.1) is 0 Å². The third-order valence-corrected chi connectivity index (χ3v) is 4.72. The van der Waals surface area contributed by atoms with Crippen molar-refractivity contribution in [2.75, 3.05) is 6.54 Å². The van der Waals surface area contributed by atoms with Crippen LogP contribution in [0.3, 0.4) is 0 Å². The van der Waals surface area contributed by atoms with Crippen LogP contribution in [0.4, 0.5) is 4.39 Å². The Balaban J connectivity index is 2.29. The lowest BCUT2D eigenvalue weighted by Gasteiger charge is -2.36. The Hall–Kier alpha value is -3.04. The monoisotopic (exact) mass is 365 g/mol. The normalized spacial score (nSPS) is 19.7. The number of rotatable bonds is 5. The van der Waals surface area contributed by atoms with E-state index >= 15 is 0 Å². The van der Waals surface area contributed by atoms with E-state index in [0.29, 0.717) is 22.3 Å².